The third kappa shape index (κ3) is 3.39. The Hall–Kier alpha value is -0.730. The minimum atomic E-state index is 0.747. The molecule has 16 heavy (non-hydrogen) atoms. The summed E-state index contributed by atoms with van der Waals surface area (Å²) in [6.45, 7) is 2.89. The van der Waals surface area contributed by atoms with Crippen LogP contribution in [0.15, 0.2) is 12.1 Å². The van der Waals surface area contributed by atoms with E-state index in [1.54, 1.807) is 7.11 Å². The Morgan fingerprint density at radius 3 is 2.62 bits per heavy atom. The second-order valence-corrected chi connectivity index (χ2v) is 4.28. The number of hydrogen-bond acceptors (Lipinski definition) is 2. The van der Waals surface area contributed by atoms with Gasteiger partial charge in [0.1, 0.15) is 5.75 Å². The molecule has 0 atom stereocenters. The van der Waals surface area contributed by atoms with Gasteiger partial charge in [-0.05, 0) is 55.5 Å². The molecular weight excluding hydrogens is 222 g/mol. The second kappa shape index (κ2) is 6.77. The van der Waals surface area contributed by atoms with Crippen LogP contribution < -0.4 is 10.5 Å². The first-order chi connectivity index (χ1) is 7.72. The summed E-state index contributed by atoms with van der Waals surface area (Å²) in [5.74, 6) is 0.901. The molecule has 0 saturated carbocycles. The molecule has 1 rings (SSSR count). The Labute approximate surface area is 103 Å². The zero-order chi connectivity index (χ0) is 12.0. The molecule has 0 unspecified atom stereocenters. The lowest BCUT2D eigenvalue weighted by Crippen LogP contribution is -2.01. The van der Waals surface area contributed by atoms with Crippen molar-refractivity contribution in [1.82, 2.24) is 0 Å². The summed E-state index contributed by atoms with van der Waals surface area (Å²) in [4.78, 5) is 0. The van der Waals surface area contributed by atoms with Gasteiger partial charge >= 0.3 is 0 Å². The highest BCUT2D eigenvalue weighted by atomic mass is 35.5. The molecule has 0 aliphatic carbocycles. The van der Waals surface area contributed by atoms with Crippen LogP contribution in [0.3, 0.4) is 0 Å². The maximum atomic E-state index is 6.07. The summed E-state index contributed by atoms with van der Waals surface area (Å²) in [7, 11) is 1.69. The van der Waals surface area contributed by atoms with Crippen molar-refractivity contribution in [2.75, 3.05) is 13.7 Å². The van der Waals surface area contributed by atoms with E-state index < -0.39 is 0 Å². The Morgan fingerprint density at radius 2 is 2.06 bits per heavy atom. The fraction of sp³-hybridized carbons (Fsp3) is 0.538. The molecule has 0 bridgehead atoms. The van der Waals surface area contributed by atoms with Gasteiger partial charge in [0.05, 0.1) is 7.11 Å². The van der Waals surface area contributed by atoms with Gasteiger partial charge in [-0.2, -0.15) is 0 Å². The maximum absolute atomic E-state index is 6.07. The monoisotopic (exact) mass is 241 g/mol. The minimum Gasteiger partial charge on any atom is -0.496 e. The fourth-order valence-corrected chi connectivity index (χ4v) is 2.16. The van der Waals surface area contributed by atoms with Gasteiger partial charge in [-0.15, -0.1) is 0 Å². The SMILES string of the molecule is CCc1c(CCCCN)cc(Cl)cc1OC. The van der Waals surface area contributed by atoms with E-state index in [9.17, 15) is 0 Å². The molecular formula is C13H20ClNO. The molecule has 0 amide bonds. The van der Waals surface area contributed by atoms with Crippen LogP contribution in [0, 0.1) is 0 Å². The molecule has 0 spiro atoms. The summed E-state index contributed by atoms with van der Waals surface area (Å²) < 4.78 is 5.35. The normalized spacial score (nSPS) is 10.5. The van der Waals surface area contributed by atoms with Gasteiger partial charge in [-0.1, -0.05) is 18.5 Å². The number of hydrogen-bond donors (Lipinski definition) is 1. The van der Waals surface area contributed by atoms with E-state index in [0.717, 1.165) is 43.0 Å². The first kappa shape index (κ1) is 13.3. The number of aryl methyl sites for hydroxylation is 1. The molecule has 0 radical (unpaired) electrons. The third-order valence-electron chi connectivity index (χ3n) is 2.74. The number of methoxy groups -OCH3 is 1. The van der Waals surface area contributed by atoms with E-state index in [-0.39, 0.29) is 0 Å². The van der Waals surface area contributed by atoms with Crippen molar-refractivity contribution in [2.24, 2.45) is 5.73 Å². The smallest absolute Gasteiger partial charge is 0.123 e. The summed E-state index contributed by atoms with van der Waals surface area (Å²) in [5.41, 5.74) is 8.06. The molecule has 0 aromatic heterocycles. The van der Waals surface area contributed by atoms with Crippen molar-refractivity contribution in [3.63, 3.8) is 0 Å². The van der Waals surface area contributed by atoms with Crippen LogP contribution in [0.1, 0.15) is 30.9 Å². The molecule has 0 fully saturated rings. The zero-order valence-electron chi connectivity index (χ0n) is 10.1. The lowest BCUT2D eigenvalue weighted by atomic mass is 9.99. The predicted molar refractivity (Wildman–Crippen MR) is 69.4 cm³/mol. The van der Waals surface area contributed by atoms with E-state index in [2.05, 4.69) is 6.92 Å². The quantitative estimate of drug-likeness (QED) is 0.777. The number of rotatable bonds is 6. The molecule has 1 aromatic rings. The Kier molecular flexibility index (Phi) is 5.64. The van der Waals surface area contributed by atoms with Gasteiger partial charge in [0.15, 0.2) is 0 Å². The largest absolute Gasteiger partial charge is 0.496 e. The van der Waals surface area contributed by atoms with Crippen LogP contribution in [0.2, 0.25) is 5.02 Å². The number of ether oxygens (including phenoxy) is 1. The van der Waals surface area contributed by atoms with Gasteiger partial charge < -0.3 is 10.5 Å². The van der Waals surface area contributed by atoms with Crippen molar-refractivity contribution in [3.8, 4) is 5.75 Å². The standard InChI is InChI=1S/C13H20ClNO/c1-3-12-10(6-4-5-7-15)8-11(14)9-13(12)16-2/h8-9H,3-7,15H2,1-2H3. The molecule has 2 N–H and O–H groups in total. The van der Waals surface area contributed by atoms with Crippen molar-refractivity contribution < 1.29 is 4.74 Å². The highest BCUT2D eigenvalue weighted by molar-refractivity contribution is 6.30. The van der Waals surface area contributed by atoms with Gasteiger partial charge in [0, 0.05) is 5.02 Å². The highest BCUT2D eigenvalue weighted by Crippen LogP contribution is 2.28. The Morgan fingerprint density at radius 1 is 1.31 bits per heavy atom. The van der Waals surface area contributed by atoms with Gasteiger partial charge in [-0.3, -0.25) is 0 Å². The molecule has 0 aliphatic rings. The van der Waals surface area contributed by atoms with E-state index in [1.807, 2.05) is 12.1 Å². The number of halogens is 1. The molecule has 2 nitrogen and oxygen atoms in total. The predicted octanol–water partition coefficient (Wildman–Crippen LogP) is 3.19. The van der Waals surface area contributed by atoms with Crippen LogP contribution in [-0.4, -0.2) is 13.7 Å². The van der Waals surface area contributed by atoms with E-state index >= 15 is 0 Å². The lowest BCUT2D eigenvalue weighted by molar-refractivity contribution is 0.409. The van der Waals surface area contributed by atoms with Crippen molar-refractivity contribution in [1.29, 1.82) is 0 Å². The number of benzene rings is 1. The number of nitrogens with two attached hydrogens (primary N) is 1. The van der Waals surface area contributed by atoms with Crippen LogP contribution in [-0.2, 0) is 12.8 Å². The average Bonchev–Trinajstić information content (AvgIpc) is 2.28. The third-order valence-corrected chi connectivity index (χ3v) is 2.96. The molecule has 0 heterocycles. The van der Waals surface area contributed by atoms with Crippen LogP contribution in [0.5, 0.6) is 5.75 Å². The van der Waals surface area contributed by atoms with Crippen LogP contribution >= 0.6 is 11.6 Å². The van der Waals surface area contributed by atoms with Crippen LogP contribution in [0.25, 0.3) is 0 Å². The Balaban J connectivity index is 2.91. The molecule has 1 aromatic carbocycles. The van der Waals surface area contributed by atoms with Crippen molar-refractivity contribution in [2.45, 2.75) is 32.6 Å². The second-order valence-electron chi connectivity index (χ2n) is 3.85. The zero-order valence-corrected chi connectivity index (χ0v) is 10.8. The first-order valence-electron chi connectivity index (χ1n) is 5.78. The summed E-state index contributed by atoms with van der Waals surface area (Å²) in [6, 6.07) is 3.92. The number of unbranched alkanes of at least 4 members (excludes halogenated alkanes) is 1. The molecule has 0 aliphatic heterocycles. The van der Waals surface area contributed by atoms with Gasteiger partial charge in [0.2, 0.25) is 0 Å². The Bertz CT molecular complexity index is 339. The first-order valence-corrected chi connectivity index (χ1v) is 6.16. The van der Waals surface area contributed by atoms with Gasteiger partial charge in [-0.25, -0.2) is 0 Å². The van der Waals surface area contributed by atoms with E-state index in [0.29, 0.717) is 0 Å². The van der Waals surface area contributed by atoms with E-state index in [1.165, 1.54) is 11.1 Å². The summed E-state index contributed by atoms with van der Waals surface area (Å²) in [5, 5.41) is 0.747. The summed E-state index contributed by atoms with van der Waals surface area (Å²) >= 11 is 6.07. The molecule has 3 heteroatoms. The lowest BCUT2D eigenvalue weighted by Gasteiger charge is -2.13. The maximum Gasteiger partial charge on any atom is 0.123 e. The van der Waals surface area contributed by atoms with Crippen LogP contribution in [0.4, 0.5) is 0 Å². The summed E-state index contributed by atoms with van der Waals surface area (Å²) in [6.07, 6.45) is 4.15. The minimum absolute atomic E-state index is 0.747. The van der Waals surface area contributed by atoms with Crippen molar-refractivity contribution in [3.05, 3.63) is 28.3 Å². The fourth-order valence-electron chi connectivity index (χ4n) is 1.93. The van der Waals surface area contributed by atoms with Gasteiger partial charge in [0.25, 0.3) is 0 Å². The molecule has 0 saturated heterocycles. The highest BCUT2D eigenvalue weighted by Gasteiger charge is 2.09. The molecule has 90 valence electrons. The average molecular weight is 242 g/mol. The van der Waals surface area contributed by atoms with Crippen molar-refractivity contribution >= 4 is 11.6 Å². The topological polar surface area (TPSA) is 35.2 Å². The van der Waals surface area contributed by atoms with E-state index in [4.69, 9.17) is 22.1 Å².